The highest BCUT2D eigenvalue weighted by molar-refractivity contribution is 7.99. The number of benzene rings is 2. The highest BCUT2D eigenvalue weighted by Gasteiger charge is 2.18. The minimum atomic E-state index is -0.0508. The van der Waals surface area contributed by atoms with Crippen LogP contribution < -0.4 is 11.1 Å². The van der Waals surface area contributed by atoms with Crippen LogP contribution in [0, 0.1) is 0 Å². The molecule has 1 saturated heterocycles. The van der Waals surface area contributed by atoms with Gasteiger partial charge in [0, 0.05) is 11.7 Å². The van der Waals surface area contributed by atoms with Crippen LogP contribution in [0.2, 0.25) is 0 Å². The van der Waals surface area contributed by atoms with Crippen LogP contribution in [0.4, 0.5) is 5.69 Å². The summed E-state index contributed by atoms with van der Waals surface area (Å²) in [5, 5.41) is 5.22. The predicted octanol–water partition coefficient (Wildman–Crippen LogP) is 3.05. The molecule has 0 radical (unpaired) electrons. The Morgan fingerprint density at radius 1 is 1.15 bits per heavy atom. The van der Waals surface area contributed by atoms with Crippen molar-refractivity contribution in [3.63, 3.8) is 0 Å². The first-order valence-electron chi connectivity index (χ1n) is 6.91. The lowest BCUT2D eigenvalue weighted by molar-refractivity contribution is 0.0936. The standard InChI is InChI=1S/C16H18N2OS/c17-15-10-12-4-2-1-3-11(12)9-14(15)16(19)18-13-5-7-20-8-6-13/h1-4,9-10,13H,5-8,17H2,(H,18,19). The third kappa shape index (κ3) is 2.75. The summed E-state index contributed by atoms with van der Waals surface area (Å²) in [4.78, 5) is 12.4. The third-order valence-corrected chi connectivity index (χ3v) is 4.77. The van der Waals surface area contributed by atoms with Gasteiger partial charge in [-0.3, -0.25) is 4.79 Å². The van der Waals surface area contributed by atoms with Crippen molar-refractivity contribution in [2.75, 3.05) is 17.2 Å². The molecule has 1 aliphatic heterocycles. The van der Waals surface area contributed by atoms with E-state index in [1.165, 1.54) is 0 Å². The fourth-order valence-electron chi connectivity index (χ4n) is 2.56. The van der Waals surface area contributed by atoms with E-state index in [1.807, 2.05) is 48.2 Å². The summed E-state index contributed by atoms with van der Waals surface area (Å²) >= 11 is 1.95. The summed E-state index contributed by atoms with van der Waals surface area (Å²) in [6.07, 6.45) is 2.09. The van der Waals surface area contributed by atoms with Crippen molar-refractivity contribution >= 4 is 34.1 Å². The zero-order valence-electron chi connectivity index (χ0n) is 11.3. The number of carbonyl (C=O) groups excluding carboxylic acids is 1. The molecule has 3 rings (SSSR count). The Labute approximate surface area is 122 Å². The highest BCUT2D eigenvalue weighted by Crippen LogP contribution is 2.23. The van der Waals surface area contributed by atoms with Gasteiger partial charge in [-0.15, -0.1) is 0 Å². The molecule has 0 saturated carbocycles. The van der Waals surface area contributed by atoms with E-state index in [-0.39, 0.29) is 11.9 Å². The quantitative estimate of drug-likeness (QED) is 0.834. The summed E-state index contributed by atoms with van der Waals surface area (Å²) in [5.41, 5.74) is 7.16. The molecule has 1 aliphatic rings. The Bertz CT molecular complexity index is 635. The molecule has 4 heteroatoms. The zero-order valence-corrected chi connectivity index (χ0v) is 12.1. The third-order valence-electron chi connectivity index (χ3n) is 3.72. The van der Waals surface area contributed by atoms with Crippen molar-refractivity contribution in [1.29, 1.82) is 0 Å². The van der Waals surface area contributed by atoms with Crippen LogP contribution in [0.5, 0.6) is 0 Å². The van der Waals surface area contributed by atoms with Crippen molar-refractivity contribution in [1.82, 2.24) is 5.32 Å². The fourth-order valence-corrected chi connectivity index (χ4v) is 3.67. The number of fused-ring (bicyclic) bond motifs is 1. The van der Waals surface area contributed by atoms with E-state index >= 15 is 0 Å². The second-order valence-corrected chi connectivity index (χ2v) is 6.37. The summed E-state index contributed by atoms with van der Waals surface area (Å²) < 4.78 is 0. The molecular formula is C16H18N2OS. The van der Waals surface area contributed by atoms with E-state index in [2.05, 4.69) is 5.32 Å². The Hall–Kier alpha value is -1.68. The second kappa shape index (κ2) is 5.75. The van der Waals surface area contributed by atoms with Crippen LogP contribution in [0.3, 0.4) is 0 Å². The van der Waals surface area contributed by atoms with Gasteiger partial charge in [0.15, 0.2) is 0 Å². The lowest BCUT2D eigenvalue weighted by atomic mass is 10.0. The van der Waals surface area contributed by atoms with E-state index in [0.717, 1.165) is 35.1 Å². The first-order valence-corrected chi connectivity index (χ1v) is 8.06. The number of hydrogen-bond acceptors (Lipinski definition) is 3. The smallest absolute Gasteiger partial charge is 0.253 e. The summed E-state index contributed by atoms with van der Waals surface area (Å²) in [6, 6.07) is 12.0. The molecule has 0 aromatic heterocycles. The number of rotatable bonds is 2. The normalized spacial score (nSPS) is 16.2. The van der Waals surface area contributed by atoms with Crippen molar-refractivity contribution in [3.8, 4) is 0 Å². The molecule has 2 aromatic rings. The maximum absolute atomic E-state index is 12.4. The Morgan fingerprint density at radius 2 is 1.80 bits per heavy atom. The van der Waals surface area contributed by atoms with Crippen molar-refractivity contribution < 1.29 is 4.79 Å². The minimum absolute atomic E-state index is 0.0508. The molecule has 3 N–H and O–H groups in total. The number of carbonyl (C=O) groups is 1. The summed E-state index contributed by atoms with van der Waals surface area (Å²) in [5.74, 6) is 2.20. The van der Waals surface area contributed by atoms with Crippen LogP contribution >= 0.6 is 11.8 Å². The number of amides is 1. The molecular weight excluding hydrogens is 268 g/mol. The SMILES string of the molecule is Nc1cc2ccccc2cc1C(=O)NC1CCSCC1. The van der Waals surface area contributed by atoms with Crippen molar-refractivity contribution in [2.45, 2.75) is 18.9 Å². The van der Waals surface area contributed by atoms with Gasteiger partial charge >= 0.3 is 0 Å². The van der Waals surface area contributed by atoms with E-state index in [9.17, 15) is 4.79 Å². The van der Waals surface area contributed by atoms with E-state index in [0.29, 0.717) is 11.3 Å². The van der Waals surface area contributed by atoms with Gasteiger partial charge < -0.3 is 11.1 Å². The minimum Gasteiger partial charge on any atom is -0.398 e. The molecule has 3 nitrogen and oxygen atoms in total. The fraction of sp³-hybridized carbons (Fsp3) is 0.312. The summed E-state index contributed by atoms with van der Waals surface area (Å²) in [7, 11) is 0. The molecule has 0 aliphatic carbocycles. The van der Waals surface area contributed by atoms with Crippen LogP contribution in [-0.4, -0.2) is 23.5 Å². The van der Waals surface area contributed by atoms with Crippen LogP contribution in [-0.2, 0) is 0 Å². The monoisotopic (exact) mass is 286 g/mol. The van der Waals surface area contributed by atoms with Gasteiger partial charge in [0.2, 0.25) is 0 Å². The number of nitrogens with two attached hydrogens (primary N) is 1. The van der Waals surface area contributed by atoms with E-state index in [1.54, 1.807) is 0 Å². The van der Waals surface area contributed by atoms with Gasteiger partial charge in [-0.2, -0.15) is 11.8 Å². The van der Waals surface area contributed by atoms with E-state index < -0.39 is 0 Å². The lowest BCUT2D eigenvalue weighted by Crippen LogP contribution is -2.37. The number of nitrogens with one attached hydrogen (secondary N) is 1. The molecule has 0 bridgehead atoms. The lowest BCUT2D eigenvalue weighted by Gasteiger charge is -2.23. The van der Waals surface area contributed by atoms with Gasteiger partial charge in [0.05, 0.1) is 5.56 Å². The van der Waals surface area contributed by atoms with Gasteiger partial charge in [0.25, 0.3) is 5.91 Å². The maximum Gasteiger partial charge on any atom is 0.253 e. The van der Waals surface area contributed by atoms with Gasteiger partial charge in [-0.25, -0.2) is 0 Å². The maximum atomic E-state index is 12.4. The van der Waals surface area contributed by atoms with Gasteiger partial charge in [-0.05, 0) is 47.3 Å². The topological polar surface area (TPSA) is 55.1 Å². The molecule has 0 unspecified atom stereocenters. The van der Waals surface area contributed by atoms with E-state index in [4.69, 9.17) is 5.73 Å². The predicted molar refractivity (Wildman–Crippen MR) is 86.2 cm³/mol. The Morgan fingerprint density at radius 3 is 2.50 bits per heavy atom. The Kier molecular flexibility index (Phi) is 3.83. The highest BCUT2D eigenvalue weighted by atomic mass is 32.2. The molecule has 104 valence electrons. The average molecular weight is 286 g/mol. The van der Waals surface area contributed by atoms with Crippen molar-refractivity contribution in [3.05, 3.63) is 42.0 Å². The molecule has 2 aromatic carbocycles. The number of hydrogen-bond donors (Lipinski definition) is 2. The van der Waals surface area contributed by atoms with Crippen molar-refractivity contribution in [2.24, 2.45) is 0 Å². The number of thioether (sulfide) groups is 1. The van der Waals surface area contributed by atoms with Gasteiger partial charge in [0.1, 0.15) is 0 Å². The first-order chi connectivity index (χ1) is 9.74. The molecule has 0 spiro atoms. The molecule has 1 fully saturated rings. The molecule has 1 amide bonds. The first kappa shape index (κ1) is 13.3. The summed E-state index contributed by atoms with van der Waals surface area (Å²) in [6.45, 7) is 0. The molecule has 1 heterocycles. The number of nitrogen functional groups attached to an aromatic ring is 1. The number of anilines is 1. The second-order valence-electron chi connectivity index (χ2n) is 5.15. The molecule has 20 heavy (non-hydrogen) atoms. The molecule has 0 atom stereocenters. The van der Waals surface area contributed by atoms with Gasteiger partial charge in [-0.1, -0.05) is 24.3 Å². The van der Waals surface area contributed by atoms with Crippen LogP contribution in [0.15, 0.2) is 36.4 Å². The van der Waals surface area contributed by atoms with Crippen LogP contribution in [0.25, 0.3) is 10.8 Å². The Balaban J connectivity index is 1.84. The largest absolute Gasteiger partial charge is 0.398 e. The van der Waals surface area contributed by atoms with Crippen LogP contribution in [0.1, 0.15) is 23.2 Å². The average Bonchev–Trinajstić information content (AvgIpc) is 2.47. The zero-order chi connectivity index (χ0) is 13.9.